The number of nitrogens with one attached hydrogen (secondary N) is 2. The minimum Gasteiger partial charge on any atom is -0.497 e. The predicted octanol–water partition coefficient (Wildman–Crippen LogP) is 4.46. The van der Waals surface area contributed by atoms with Gasteiger partial charge in [-0.2, -0.15) is 0 Å². The van der Waals surface area contributed by atoms with Crippen LogP contribution in [0.25, 0.3) is 10.9 Å². The number of nitrogens with two attached hydrogens (primary N) is 1. The summed E-state index contributed by atoms with van der Waals surface area (Å²) >= 11 is 0. The Hall–Kier alpha value is -4.07. The molecule has 0 atom stereocenters. The standard InChI is InChI=1S/C22H20FN5O2/c1-30-15-5-6-17(23)19(12-15)27-22(29)26-18-3-2-4-20-16(18)8-10-28(20)13-14-7-9-25-21(24)11-14/h2-12H,13H2,1H3,(H2,24,25)(H2,26,27,29)/i13D2. The second-order valence-electron chi connectivity index (χ2n) is 6.43. The van der Waals surface area contributed by atoms with Gasteiger partial charge in [0.1, 0.15) is 17.4 Å². The number of nitrogens with zero attached hydrogens (tertiary/aromatic N) is 2. The van der Waals surface area contributed by atoms with Gasteiger partial charge in [-0.25, -0.2) is 14.2 Å². The summed E-state index contributed by atoms with van der Waals surface area (Å²) < 4.78 is 37.8. The van der Waals surface area contributed by atoms with Gasteiger partial charge >= 0.3 is 6.03 Å². The number of urea groups is 1. The molecule has 2 aromatic heterocycles. The topological polar surface area (TPSA) is 94.2 Å². The van der Waals surface area contributed by atoms with E-state index in [1.807, 2.05) is 0 Å². The summed E-state index contributed by atoms with van der Waals surface area (Å²) in [6.07, 6.45) is 3.04. The zero-order valence-electron chi connectivity index (χ0n) is 18.0. The molecule has 152 valence electrons. The summed E-state index contributed by atoms with van der Waals surface area (Å²) in [5, 5.41) is 5.76. The van der Waals surface area contributed by atoms with E-state index in [9.17, 15) is 9.18 Å². The molecule has 4 rings (SSSR count). The fourth-order valence-corrected chi connectivity index (χ4v) is 3.03. The van der Waals surface area contributed by atoms with Crippen LogP contribution in [0.4, 0.5) is 26.4 Å². The molecular formula is C22H20FN5O2. The third-order valence-corrected chi connectivity index (χ3v) is 4.43. The number of benzene rings is 2. The van der Waals surface area contributed by atoms with Crippen LogP contribution in [0, 0.1) is 5.82 Å². The van der Waals surface area contributed by atoms with Crippen LogP contribution in [0.2, 0.25) is 0 Å². The third kappa shape index (κ3) is 4.02. The van der Waals surface area contributed by atoms with Crippen molar-refractivity contribution in [2.24, 2.45) is 0 Å². The maximum absolute atomic E-state index is 14.0. The number of rotatable bonds is 5. The van der Waals surface area contributed by atoms with Crippen LogP contribution in [0.15, 0.2) is 67.0 Å². The van der Waals surface area contributed by atoms with Crippen molar-refractivity contribution in [3.05, 3.63) is 78.4 Å². The number of amides is 2. The molecule has 8 heteroatoms. The first kappa shape index (κ1) is 16.8. The van der Waals surface area contributed by atoms with Crippen LogP contribution in [0.5, 0.6) is 5.75 Å². The number of hydrogen-bond acceptors (Lipinski definition) is 4. The highest BCUT2D eigenvalue weighted by atomic mass is 19.1. The SMILES string of the molecule is [2H]C([2H])(c1ccnc(N)c1)n1ccc2c(NC(=O)Nc3cc(OC)ccc3F)cccc21. The summed E-state index contributed by atoms with van der Waals surface area (Å²) in [6.45, 7) is -1.91. The number of pyridine rings is 1. The number of halogens is 1. The fraction of sp³-hybridized carbons (Fsp3) is 0.0909. The summed E-state index contributed by atoms with van der Waals surface area (Å²) in [5.41, 5.74) is 7.02. The maximum Gasteiger partial charge on any atom is 0.323 e. The Bertz CT molecular complexity index is 1310. The Kier molecular flexibility index (Phi) is 4.56. The number of fused-ring (bicyclic) bond motifs is 1. The van der Waals surface area contributed by atoms with E-state index in [4.69, 9.17) is 13.2 Å². The van der Waals surface area contributed by atoms with Crippen molar-refractivity contribution in [3.8, 4) is 5.75 Å². The molecule has 2 heterocycles. The second-order valence-corrected chi connectivity index (χ2v) is 6.43. The molecule has 2 aromatic carbocycles. The van der Waals surface area contributed by atoms with Gasteiger partial charge in [-0.3, -0.25) is 0 Å². The molecule has 4 N–H and O–H groups in total. The average Bonchev–Trinajstić information content (AvgIpc) is 3.21. The van der Waals surface area contributed by atoms with Gasteiger partial charge in [-0.1, -0.05) is 6.07 Å². The molecule has 7 nitrogen and oxygen atoms in total. The molecule has 0 bridgehead atoms. The van der Waals surface area contributed by atoms with Gasteiger partial charge in [-0.05, 0) is 48.0 Å². The number of anilines is 3. The van der Waals surface area contributed by atoms with Crippen LogP contribution >= 0.6 is 0 Å². The average molecular weight is 407 g/mol. The quantitative estimate of drug-likeness (QED) is 0.455. The van der Waals surface area contributed by atoms with Crippen LogP contribution in [-0.4, -0.2) is 22.7 Å². The zero-order valence-corrected chi connectivity index (χ0v) is 16.0. The van der Waals surface area contributed by atoms with Gasteiger partial charge in [0.2, 0.25) is 0 Å². The summed E-state index contributed by atoms with van der Waals surface area (Å²) in [4.78, 5) is 16.4. The van der Waals surface area contributed by atoms with Crippen molar-refractivity contribution in [1.82, 2.24) is 9.55 Å². The smallest absolute Gasteiger partial charge is 0.323 e. The Balaban J connectivity index is 1.63. The van der Waals surface area contributed by atoms with E-state index in [1.54, 1.807) is 36.5 Å². The number of carbonyl (C=O) groups excluding carboxylic acids is 1. The summed E-state index contributed by atoms with van der Waals surface area (Å²) in [7, 11) is 1.45. The van der Waals surface area contributed by atoms with Crippen molar-refractivity contribution in [2.75, 3.05) is 23.5 Å². The van der Waals surface area contributed by atoms with Gasteiger partial charge in [0.15, 0.2) is 0 Å². The Labute approximate surface area is 175 Å². The first-order valence-corrected chi connectivity index (χ1v) is 9.03. The number of nitrogen functional groups attached to an aromatic ring is 1. The molecule has 4 aromatic rings. The Morgan fingerprint density at radius 1 is 1.20 bits per heavy atom. The first-order valence-electron chi connectivity index (χ1n) is 10.0. The van der Waals surface area contributed by atoms with Crippen molar-refractivity contribution in [3.63, 3.8) is 0 Å². The van der Waals surface area contributed by atoms with E-state index in [1.165, 1.54) is 42.1 Å². The summed E-state index contributed by atoms with van der Waals surface area (Å²) in [6, 6.07) is 13.2. The Morgan fingerprint density at radius 3 is 2.83 bits per heavy atom. The molecule has 2 amide bonds. The molecule has 0 unspecified atom stereocenters. The molecule has 0 aliphatic carbocycles. The number of ether oxygens (including phenoxy) is 1. The normalized spacial score (nSPS) is 12.2. The lowest BCUT2D eigenvalue weighted by Crippen LogP contribution is -2.20. The first-order chi connectivity index (χ1) is 15.3. The molecule has 0 aliphatic rings. The number of methoxy groups -OCH3 is 1. The third-order valence-electron chi connectivity index (χ3n) is 4.43. The molecule has 0 fully saturated rings. The van der Waals surface area contributed by atoms with Gasteiger partial charge in [0.05, 0.1) is 26.7 Å². The molecule has 0 aliphatic heterocycles. The second kappa shape index (κ2) is 8.12. The highest BCUT2D eigenvalue weighted by Crippen LogP contribution is 2.26. The molecule has 0 saturated heterocycles. The lowest BCUT2D eigenvalue weighted by Gasteiger charge is -2.11. The van der Waals surface area contributed by atoms with E-state index in [2.05, 4.69) is 15.6 Å². The van der Waals surface area contributed by atoms with Crippen molar-refractivity contribution in [1.29, 1.82) is 0 Å². The highest BCUT2D eigenvalue weighted by molar-refractivity contribution is 6.05. The highest BCUT2D eigenvalue weighted by Gasteiger charge is 2.12. The van der Waals surface area contributed by atoms with Crippen LogP contribution in [-0.2, 0) is 6.50 Å². The monoisotopic (exact) mass is 407 g/mol. The molecule has 30 heavy (non-hydrogen) atoms. The van der Waals surface area contributed by atoms with Crippen LogP contribution < -0.4 is 21.1 Å². The largest absolute Gasteiger partial charge is 0.497 e. The maximum atomic E-state index is 14.0. The fourth-order valence-electron chi connectivity index (χ4n) is 3.03. The van der Waals surface area contributed by atoms with Gasteiger partial charge in [-0.15, -0.1) is 0 Å². The van der Waals surface area contributed by atoms with Crippen molar-refractivity contribution < 1.29 is 16.7 Å². The number of carbonyl (C=O) groups is 1. The minimum absolute atomic E-state index is 0.0294. The number of hydrogen-bond donors (Lipinski definition) is 3. The van der Waals surface area contributed by atoms with E-state index in [-0.39, 0.29) is 11.5 Å². The van der Waals surface area contributed by atoms with Crippen molar-refractivity contribution >= 4 is 34.1 Å². The van der Waals surface area contributed by atoms with Gasteiger partial charge in [0, 0.05) is 30.3 Å². The van der Waals surface area contributed by atoms with Gasteiger partial charge < -0.3 is 25.7 Å². The van der Waals surface area contributed by atoms with Gasteiger partial charge in [0.25, 0.3) is 0 Å². The zero-order chi connectivity index (χ0) is 22.9. The molecular weight excluding hydrogens is 385 g/mol. The summed E-state index contributed by atoms with van der Waals surface area (Å²) in [5.74, 6) is 0.0154. The van der Waals surface area contributed by atoms with E-state index in [0.29, 0.717) is 27.9 Å². The van der Waals surface area contributed by atoms with E-state index in [0.717, 1.165) is 0 Å². The lowest BCUT2D eigenvalue weighted by molar-refractivity contribution is 0.262. The van der Waals surface area contributed by atoms with Crippen LogP contribution in [0.3, 0.4) is 0 Å². The molecule has 0 saturated carbocycles. The Morgan fingerprint density at radius 2 is 2.03 bits per heavy atom. The van der Waals surface area contributed by atoms with Crippen molar-refractivity contribution in [2.45, 2.75) is 6.50 Å². The molecule has 0 radical (unpaired) electrons. The molecule has 0 spiro atoms. The van der Waals surface area contributed by atoms with E-state index < -0.39 is 18.3 Å². The predicted molar refractivity (Wildman–Crippen MR) is 115 cm³/mol. The number of aromatic nitrogens is 2. The lowest BCUT2D eigenvalue weighted by atomic mass is 10.2. The minimum atomic E-state index is -1.91. The van der Waals surface area contributed by atoms with Crippen LogP contribution in [0.1, 0.15) is 8.30 Å². The van der Waals surface area contributed by atoms with E-state index >= 15 is 0 Å².